The number of carbonyl (C=O) groups is 16. The second kappa shape index (κ2) is 42.0. The van der Waals surface area contributed by atoms with E-state index in [-0.39, 0.29) is 92.4 Å². The average molecular weight is 1830 g/mol. The first-order chi connectivity index (χ1) is 63.4. The molecule has 40 nitrogen and oxygen atoms in total. The highest BCUT2D eigenvalue weighted by Crippen LogP contribution is 2.38. The maximum absolute atomic E-state index is 13.9. The molecule has 4 unspecified atom stereocenters. The number of aliphatic carboxylic acids is 4. The standard InChI is InChI=1S/C93H84N8O32/c102-73(98-69(89(122)123)33-57-37-94-77-61(5-1-9-65(57)77)45-21-49(81(106)107)29-50(22-45)82(108)109)13-17-130-41-93(42-131-18-14-74(103)99-70(90(124)125)34-58-38-95-78-62(6-2-10-66(58)78)46-23-51(83(110)111)30-52(24-46)84(112)113,43-132-19-15-75(104)100-71(91(126)127)35-59-39-96-79-63(7-3-11-67(59)79)47-25-53(85(114)115)31-54(26-47)86(116)117)44-133-20-16-76(105)101-72(92(128)129)36-60-40-97-80-64(8-4-12-68(60)80)48-27-55(87(118)119)32-56(28-48)88(120)121/h1-12,21-32,37-40,69-72,94-97H,13-20,33-36,41-44H2,(H,98,102)(H,99,103)(H,100,104)(H,101,105)(H,106,107)(H,108,109)(H,110,111)(H,112,113)(H,114,115)(H,116,117)(H,118,119)(H,120,121)(H,122,123)(H,124,125)(H,126,127)(H,128,129). The number of carbonyl (C=O) groups excluding carboxylic acids is 4. The molecule has 0 bridgehead atoms. The van der Waals surface area contributed by atoms with Crippen LogP contribution in [-0.4, -0.2) is 253 Å². The summed E-state index contributed by atoms with van der Waals surface area (Å²) >= 11 is 0. The van der Waals surface area contributed by atoms with Gasteiger partial charge in [-0.1, -0.05) is 72.8 Å². The minimum absolute atomic E-state index is 0.200. The Morgan fingerprint density at radius 1 is 0.263 bits per heavy atom. The summed E-state index contributed by atoms with van der Waals surface area (Å²) in [7, 11) is 0. The van der Waals surface area contributed by atoms with E-state index >= 15 is 0 Å². The van der Waals surface area contributed by atoms with Gasteiger partial charge in [0.15, 0.2) is 0 Å². The molecule has 4 amide bonds. The molecule has 0 saturated heterocycles. The zero-order valence-corrected chi connectivity index (χ0v) is 69.8. The van der Waals surface area contributed by atoms with Gasteiger partial charge >= 0.3 is 71.6 Å². The van der Waals surface area contributed by atoms with Crippen LogP contribution in [0.5, 0.6) is 0 Å². The molecule has 0 aliphatic carbocycles. The van der Waals surface area contributed by atoms with Gasteiger partial charge in [0.2, 0.25) is 23.6 Å². The van der Waals surface area contributed by atoms with E-state index in [1.54, 1.807) is 72.8 Å². The minimum Gasteiger partial charge on any atom is -0.480 e. The van der Waals surface area contributed by atoms with Crippen molar-refractivity contribution in [2.75, 3.05) is 52.9 Å². The minimum atomic E-state index is -1.67. The second-order valence-corrected chi connectivity index (χ2v) is 31.2. The van der Waals surface area contributed by atoms with Gasteiger partial charge in [0.25, 0.3) is 0 Å². The summed E-state index contributed by atoms with van der Waals surface area (Å²) in [5.41, 5.74) is 0.867. The molecule has 8 aromatic carbocycles. The number of carboxylic acids is 12. The highest BCUT2D eigenvalue weighted by atomic mass is 16.5. The quantitative estimate of drug-likeness (QED) is 0.0158. The molecular formula is C93H84N8O32. The number of carboxylic acid groups (broad SMARTS) is 12. The van der Waals surface area contributed by atoms with Crippen molar-refractivity contribution in [2.45, 2.75) is 75.5 Å². The Morgan fingerprint density at radius 3 is 0.609 bits per heavy atom. The summed E-state index contributed by atoms with van der Waals surface area (Å²) in [6.07, 6.45) is 2.27. The Balaban J connectivity index is 0.780. The van der Waals surface area contributed by atoms with Gasteiger partial charge in [-0.05, 0) is 117 Å². The molecule has 4 atom stereocenters. The van der Waals surface area contributed by atoms with Crippen LogP contribution in [0.25, 0.3) is 88.1 Å². The molecule has 12 rings (SSSR count). The van der Waals surface area contributed by atoms with Crippen LogP contribution >= 0.6 is 0 Å². The van der Waals surface area contributed by atoms with Crippen LogP contribution in [0, 0.1) is 5.41 Å². The predicted molar refractivity (Wildman–Crippen MR) is 468 cm³/mol. The van der Waals surface area contributed by atoms with Crippen molar-refractivity contribution >= 4 is 139 Å². The smallest absolute Gasteiger partial charge is 0.335 e. The SMILES string of the molecule is O=C(CCOCC(COCCC(=O)NC(Cc1c[nH]c2c(-c3cc(C(=O)O)cc(C(=O)O)c3)cccc12)C(=O)O)(COCCC(=O)NC(Cc1c[nH]c2c(-c3cc(C(=O)O)cc(C(=O)O)c3)cccc12)C(=O)O)COCCC(=O)NC(Cc1c[nH]c2c(-c3cc(C(=O)O)cc(C(=O)O)c3)cccc12)C(=O)O)NC(Cc1c[nH]c2c(-c3cc(C(=O)O)cc(C(=O)O)c3)cccc12)C(=O)O. The van der Waals surface area contributed by atoms with E-state index in [4.69, 9.17) is 18.9 Å². The molecule has 0 aliphatic rings. The van der Waals surface area contributed by atoms with E-state index in [0.29, 0.717) is 88.1 Å². The van der Waals surface area contributed by atoms with Crippen molar-refractivity contribution in [1.29, 1.82) is 0 Å². The van der Waals surface area contributed by atoms with Gasteiger partial charge in [-0.2, -0.15) is 0 Å². The van der Waals surface area contributed by atoms with Gasteiger partial charge in [0.05, 0.1) is 125 Å². The monoisotopic (exact) mass is 1820 g/mol. The van der Waals surface area contributed by atoms with E-state index in [1.807, 2.05) is 0 Å². The Bertz CT molecular complexity index is 5740. The largest absolute Gasteiger partial charge is 0.480 e. The summed E-state index contributed by atoms with van der Waals surface area (Å²) in [5.74, 6) is -20.6. The number of nitrogens with one attached hydrogen (secondary N) is 8. The van der Waals surface area contributed by atoms with Gasteiger partial charge in [-0.25, -0.2) is 57.5 Å². The first kappa shape index (κ1) is 95.4. The number of rotatable bonds is 48. The Kier molecular flexibility index (Phi) is 30.1. The molecule has 20 N–H and O–H groups in total. The third-order valence-electron chi connectivity index (χ3n) is 21.9. The Morgan fingerprint density at radius 2 is 0.444 bits per heavy atom. The lowest BCUT2D eigenvalue weighted by atomic mass is 9.92. The first-order valence-electron chi connectivity index (χ1n) is 40.7. The maximum atomic E-state index is 13.9. The molecule has 0 saturated carbocycles. The van der Waals surface area contributed by atoms with Crippen LogP contribution < -0.4 is 21.3 Å². The van der Waals surface area contributed by atoms with E-state index in [2.05, 4.69) is 41.2 Å². The number of H-pyrrole nitrogens is 4. The summed E-state index contributed by atoms with van der Waals surface area (Å²) < 4.78 is 24.7. The van der Waals surface area contributed by atoms with E-state index in [1.165, 1.54) is 73.3 Å². The van der Waals surface area contributed by atoms with Crippen molar-refractivity contribution in [1.82, 2.24) is 41.2 Å². The zero-order chi connectivity index (χ0) is 95.8. The lowest BCUT2D eigenvalue weighted by Crippen LogP contribution is -2.45. The molecule has 0 spiro atoms. The van der Waals surface area contributed by atoms with Crippen LogP contribution in [0.15, 0.2) is 170 Å². The number of para-hydroxylation sites is 4. The lowest BCUT2D eigenvalue weighted by molar-refractivity contribution is -0.142. The van der Waals surface area contributed by atoms with Gasteiger partial charge in [-0.3, -0.25) is 19.2 Å². The molecule has 0 radical (unpaired) electrons. The Labute approximate surface area is 749 Å². The van der Waals surface area contributed by atoms with Gasteiger partial charge in [-0.15, -0.1) is 0 Å². The number of hydrogen-bond donors (Lipinski definition) is 20. The van der Waals surface area contributed by atoms with Gasteiger partial charge < -0.3 is 121 Å². The molecule has 4 aromatic heterocycles. The molecular weight excluding hydrogens is 1740 g/mol. The summed E-state index contributed by atoms with van der Waals surface area (Å²) in [6.45, 7) is -4.24. The molecule has 688 valence electrons. The third kappa shape index (κ3) is 23.4. The number of hydrogen-bond acceptors (Lipinski definition) is 20. The fraction of sp³-hybridized carbons (Fsp3) is 0.226. The number of aromatic amines is 4. The van der Waals surface area contributed by atoms with Crippen LogP contribution in [0.4, 0.5) is 0 Å². The highest BCUT2D eigenvalue weighted by molar-refractivity contribution is 6.06. The lowest BCUT2D eigenvalue weighted by Gasteiger charge is -2.33. The zero-order valence-electron chi connectivity index (χ0n) is 69.8. The van der Waals surface area contributed by atoms with Crippen molar-refractivity contribution < 1.29 is 157 Å². The van der Waals surface area contributed by atoms with Gasteiger partial charge in [0.1, 0.15) is 24.2 Å². The number of ether oxygens (including phenoxy) is 4. The van der Waals surface area contributed by atoms with Crippen LogP contribution in [0.2, 0.25) is 0 Å². The van der Waals surface area contributed by atoms with E-state index < -0.39 is 203 Å². The maximum Gasteiger partial charge on any atom is 0.335 e. The molecule has 0 aliphatic heterocycles. The molecule has 133 heavy (non-hydrogen) atoms. The topological polar surface area (TPSA) is 664 Å². The fourth-order valence-corrected chi connectivity index (χ4v) is 15.4. The van der Waals surface area contributed by atoms with Crippen molar-refractivity contribution in [2.24, 2.45) is 5.41 Å². The predicted octanol–water partition coefficient (Wildman–Crippen LogP) is 9.03. The average Bonchev–Trinajstić information content (AvgIpc) is 1.62. The van der Waals surface area contributed by atoms with E-state index in [9.17, 15) is 138 Å². The third-order valence-corrected chi connectivity index (χ3v) is 21.9. The van der Waals surface area contributed by atoms with Crippen molar-refractivity contribution in [3.05, 3.63) is 237 Å². The van der Waals surface area contributed by atoms with E-state index in [0.717, 1.165) is 24.3 Å². The molecule has 4 heterocycles. The number of fused-ring (bicyclic) bond motifs is 4. The number of aromatic nitrogens is 4. The summed E-state index contributed by atoms with van der Waals surface area (Å²) in [4.78, 5) is 216. The van der Waals surface area contributed by atoms with Crippen molar-refractivity contribution in [3.63, 3.8) is 0 Å². The van der Waals surface area contributed by atoms with Crippen LogP contribution in [0.1, 0.15) is 131 Å². The first-order valence-corrected chi connectivity index (χ1v) is 40.7. The summed E-state index contributed by atoms with van der Waals surface area (Å²) in [5, 5.41) is 132. The van der Waals surface area contributed by atoms with Gasteiger partial charge in [0, 0.05) is 120 Å². The van der Waals surface area contributed by atoms with Crippen LogP contribution in [0.3, 0.4) is 0 Å². The molecule has 12 aromatic rings. The van der Waals surface area contributed by atoms with Crippen LogP contribution in [-0.2, 0) is 83.0 Å². The van der Waals surface area contributed by atoms with Crippen molar-refractivity contribution in [3.8, 4) is 44.5 Å². The Hall–Kier alpha value is -16.7. The summed E-state index contributed by atoms with van der Waals surface area (Å²) in [6, 6.07) is 26.7. The molecule has 40 heteroatoms. The number of amides is 4. The fourth-order valence-electron chi connectivity index (χ4n) is 15.4. The number of aromatic carboxylic acids is 8. The molecule has 0 fully saturated rings. The highest BCUT2D eigenvalue weighted by Gasteiger charge is 2.36. The second-order valence-electron chi connectivity index (χ2n) is 31.2. The normalized spacial score (nSPS) is 12.7. The number of benzene rings is 8.